The predicted octanol–water partition coefficient (Wildman–Crippen LogP) is 9.70. The molecule has 0 amide bonds. The van der Waals surface area contributed by atoms with E-state index in [2.05, 4.69) is 5.58 Å². The molecule has 0 saturated carbocycles. The van der Waals surface area contributed by atoms with Gasteiger partial charge in [-0.15, -0.1) is 0 Å². The second-order valence-electron chi connectivity index (χ2n) is 11.3. The monoisotopic (exact) mass is 904 g/mol. The number of aliphatic imine (C=N–C) groups is 4. The molecule has 4 aliphatic heterocycles. The van der Waals surface area contributed by atoms with Gasteiger partial charge in [0.15, 0.2) is 0 Å². The third-order valence-corrected chi connectivity index (χ3v) is 14.9. The Kier molecular flexibility index (Phi) is 6.94. The summed E-state index contributed by atoms with van der Waals surface area (Å²) < 4.78 is 4.18. The van der Waals surface area contributed by atoms with Crippen LogP contribution in [0.25, 0.3) is 21.5 Å². The summed E-state index contributed by atoms with van der Waals surface area (Å²) in [4.78, 5) is 30.6. The number of amidine groups is 4. The number of hydrogen-bond acceptors (Lipinski definition) is 6. The van der Waals surface area contributed by atoms with Crippen LogP contribution >= 0.6 is 92.8 Å². The van der Waals surface area contributed by atoms with Gasteiger partial charge in [0.05, 0.1) is 0 Å². The number of aromatic nitrogens is 2. The maximum atomic E-state index is 6.65. The summed E-state index contributed by atoms with van der Waals surface area (Å²) in [6, 6.07) is 14.1. The summed E-state index contributed by atoms with van der Waals surface area (Å²) in [5, 5.41) is 5.69. The Hall–Kier alpha value is -2.64. The average molecular weight is 907 g/mol. The molecular weight excluding hydrogens is 899 g/mol. The van der Waals surface area contributed by atoms with Gasteiger partial charge in [-0.3, -0.25) is 0 Å². The van der Waals surface area contributed by atoms with E-state index in [4.69, 9.17) is 123 Å². The van der Waals surface area contributed by atoms with Crippen molar-refractivity contribution in [3.8, 4) is 0 Å². The van der Waals surface area contributed by atoms with Crippen molar-refractivity contribution in [3.05, 3.63) is 122 Å². The molecule has 0 N–H and O–H groups in total. The van der Waals surface area contributed by atoms with E-state index < -0.39 is 21.7 Å². The van der Waals surface area contributed by atoms with Crippen LogP contribution in [0, 0.1) is 0 Å². The molecule has 0 unspecified atom stereocenters. The van der Waals surface area contributed by atoms with E-state index in [1.54, 1.807) is 48.5 Å². The molecule has 2 radical (unpaired) electrons. The number of nitrogens with zero attached hydrogens (tertiary/aromatic N) is 8. The van der Waals surface area contributed by atoms with Crippen LogP contribution in [0.4, 0.5) is 11.6 Å². The zero-order valence-corrected chi connectivity index (χ0v) is 32.6. The van der Waals surface area contributed by atoms with E-state index in [0.717, 1.165) is 0 Å². The van der Waals surface area contributed by atoms with Gasteiger partial charge in [-0.05, 0) is 0 Å². The summed E-state index contributed by atoms with van der Waals surface area (Å²) in [6.45, 7) is 0. The van der Waals surface area contributed by atoms with Gasteiger partial charge in [0.2, 0.25) is 0 Å². The van der Waals surface area contributed by atoms with Crippen LogP contribution in [0.5, 0.6) is 0 Å². The number of halogens is 8. The molecule has 6 bridgehead atoms. The van der Waals surface area contributed by atoms with Crippen molar-refractivity contribution in [2.45, 2.75) is 0 Å². The molecule has 0 spiro atoms. The van der Waals surface area contributed by atoms with Crippen molar-refractivity contribution >= 4 is 171 Å². The van der Waals surface area contributed by atoms with E-state index in [-0.39, 0.29) is 0 Å². The topological polar surface area (TPSA) is 84.0 Å². The summed E-state index contributed by atoms with van der Waals surface area (Å²) >= 11 is 50.6. The summed E-state index contributed by atoms with van der Waals surface area (Å²) in [5.41, 5.74) is 3.80. The van der Waals surface area contributed by atoms with Crippen LogP contribution < -0.4 is 11.0 Å². The Morgan fingerprint density at radius 1 is 0.347 bits per heavy atom. The number of fused-ring (bicyclic) bond motifs is 14. The van der Waals surface area contributed by atoms with Crippen LogP contribution in [-0.4, -0.2) is 50.6 Å². The zero-order valence-electron chi connectivity index (χ0n) is 23.7. The van der Waals surface area contributed by atoms with Crippen molar-refractivity contribution in [1.82, 2.24) is 5.58 Å². The molecule has 4 aliphatic rings. The molecular formula is C32H8Cl8N8Sn. The average Bonchev–Trinajstić information content (AvgIpc) is 3.72. The molecule has 0 saturated heterocycles. The first-order valence-corrected chi connectivity index (χ1v) is 19.7. The molecule has 0 aliphatic carbocycles. The fourth-order valence-electron chi connectivity index (χ4n) is 6.26. The fourth-order valence-corrected chi connectivity index (χ4v) is 11.2. The first kappa shape index (κ1) is 31.1. The van der Waals surface area contributed by atoms with Crippen molar-refractivity contribution in [3.63, 3.8) is 0 Å². The first-order valence-electron chi connectivity index (χ1n) is 14.2. The Morgan fingerprint density at radius 3 is 1.02 bits per heavy atom. The molecule has 0 atom stereocenters. The van der Waals surface area contributed by atoms with Crippen LogP contribution in [0.15, 0.2) is 78.5 Å². The molecule has 4 aromatic carbocycles. The maximum absolute atomic E-state index is 6.65. The standard InChI is InChI=1S/C32H8Cl8N8.Sn/c33-17-1-9-10(2-18(17)34)26-41-25(9)45-27-11-3-19(35)20(36)4-12(11)29(42-27)47-31-15-7-23(39)24(40)8-16(15)32(44-31)48-30-14-6-22(38)21(37)5-13(14)28(43-30)46-26;/h1-8H;/q-2;+2. The minimum absolute atomic E-state index is 0.354. The van der Waals surface area contributed by atoms with Crippen molar-refractivity contribution in [2.24, 2.45) is 30.0 Å². The third kappa shape index (κ3) is 4.52. The van der Waals surface area contributed by atoms with Crippen molar-refractivity contribution in [1.29, 1.82) is 0 Å². The van der Waals surface area contributed by atoms with Gasteiger partial charge in [-0.2, -0.15) is 0 Å². The van der Waals surface area contributed by atoms with E-state index in [1.807, 2.05) is 0 Å². The number of hydrogen-bond donors (Lipinski definition) is 0. The normalized spacial score (nSPS) is 15.3. The quantitative estimate of drug-likeness (QED) is 0.136. The molecule has 8 nitrogen and oxygen atoms in total. The van der Waals surface area contributed by atoms with Gasteiger partial charge in [0.25, 0.3) is 0 Å². The first-order chi connectivity index (χ1) is 23.5. The fraction of sp³-hybridized carbons (Fsp3) is 0. The van der Waals surface area contributed by atoms with E-state index in [1.165, 1.54) is 0 Å². The molecule has 10 rings (SSSR count). The molecule has 236 valence electrons. The SMILES string of the molecule is Clc1cc2c(cc1Cl)C1=Nc3c4cc(Cl)c(Cl)cc4c4[n]3[Sn][n]3c(c5cc(Cl)c(Cl)cc5c3=NC3=NC(=N4)c4cc(Cl)c(Cl)cc43)=NC2=N1. The second kappa shape index (κ2) is 10.9. The third-order valence-electron chi connectivity index (χ3n) is 8.49. The van der Waals surface area contributed by atoms with E-state index in [9.17, 15) is 0 Å². The van der Waals surface area contributed by atoms with E-state index >= 15 is 0 Å². The minimum atomic E-state index is -2.12. The molecule has 6 heterocycles. The van der Waals surface area contributed by atoms with Crippen LogP contribution in [0.3, 0.4) is 0 Å². The molecule has 49 heavy (non-hydrogen) atoms. The number of benzene rings is 4. The Labute approximate surface area is 325 Å². The Morgan fingerprint density at radius 2 is 0.653 bits per heavy atom. The predicted molar refractivity (Wildman–Crippen MR) is 201 cm³/mol. The zero-order chi connectivity index (χ0) is 33.6. The molecule has 17 heteroatoms. The second-order valence-corrected chi connectivity index (χ2v) is 17.7. The van der Waals surface area contributed by atoms with Gasteiger partial charge >= 0.3 is 328 Å². The van der Waals surface area contributed by atoms with Gasteiger partial charge in [0.1, 0.15) is 0 Å². The Bertz CT molecular complexity index is 2710. The van der Waals surface area contributed by atoms with Crippen LogP contribution in [0.2, 0.25) is 40.2 Å². The number of rotatable bonds is 0. The van der Waals surface area contributed by atoms with Gasteiger partial charge in [-0.25, -0.2) is 0 Å². The summed E-state index contributed by atoms with van der Waals surface area (Å²) in [7, 11) is 0. The summed E-state index contributed by atoms with van der Waals surface area (Å²) in [6.07, 6.45) is 0. The Balaban J connectivity index is 1.47. The molecule has 2 aromatic heterocycles. The van der Waals surface area contributed by atoms with Crippen molar-refractivity contribution < 1.29 is 0 Å². The van der Waals surface area contributed by atoms with Crippen molar-refractivity contribution in [2.75, 3.05) is 0 Å². The van der Waals surface area contributed by atoms with Gasteiger partial charge in [0, 0.05) is 0 Å². The summed E-state index contributed by atoms with van der Waals surface area (Å²) in [5.74, 6) is 2.73. The van der Waals surface area contributed by atoms with E-state index in [0.29, 0.717) is 130 Å². The van der Waals surface area contributed by atoms with Crippen LogP contribution in [0.1, 0.15) is 22.3 Å². The van der Waals surface area contributed by atoms with Crippen LogP contribution in [-0.2, 0) is 0 Å². The molecule has 0 fully saturated rings. The molecule has 6 aromatic rings. The van der Waals surface area contributed by atoms with Gasteiger partial charge in [-0.1, -0.05) is 0 Å². The van der Waals surface area contributed by atoms with Gasteiger partial charge < -0.3 is 0 Å².